The number of ketones is 1. The zero-order chi connectivity index (χ0) is 61.8. The van der Waals surface area contributed by atoms with Gasteiger partial charge in [0.15, 0.2) is 12.4 Å². The van der Waals surface area contributed by atoms with E-state index in [2.05, 4.69) is 58.0 Å². The zero-order valence-corrected chi connectivity index (χ0v) is 48.7. The Morgan fingerprint density at radius 1 is 0.871 bits per heavy atom. The molecule has 31 heteroatoms. The lowest BCUT2D eigenvalue weighted by molar-refractivity contribution is -0.0601. The first-order chi connectivity index (χ1) is 40.3. The van der Waals surface area contributed by atoms with Gasteiger partial charge in [0.2, 0.25) is 0 Å². The first-order valence-corrected chi connectivity index (χ1v) is 30.6. The second-order valence-corrected chi connectivity index (χ2v) is 23.7. The first kappa shape index (κ1) is 64.8. The maximum Gasteiger partial charge on any atom is 0.490 e. The van der Waals surface area contributed by atoms with Crippen LogP contribution < -0.4 is 26.4 Å². The number of ether oxygens (including phenoxy) is 4. The minimum Gasteiger partial charge on any atom is -0.478 e. The summed E-state index contributed by atoms with van der Waals surface area (Å²) >= 11 is 0. The van der Waals surface area contributed by atoms with Gasteiger partial charge in [-0.25, -0.2) is 28.1 Å². The van der Waals surface area contributed by atoms with E-state index in [0.717, 1.165) is 63.1 Å². The Balaban J connectivity index is 1.01. The first-order valence-electron chi connectivity index (χ1n) is 26.1. The van der Waals surface area contributed by atoms with Crippen LogP contribution >= 0.6 is 23.5 Å². The van der Waals surface area contributed by atoms with E-state index >= 15 is 0 Å². The summed E-state index contributed by atoms with van der Waals surface area (Å²) in [6.45, 7) is 5.70. The van der Waals surface area contributed by atoms with Gasteiger partial charge in [-0.15, -0.1) is 0 Å². The number of carbonyl (C=O) groups is 3. The summed E-state index contributed by atoms with van der Waals surface area (Å²) in [4.78, 5) is 110. The van der Waals surface area contributed by atoms with Crippen LogP contribution in [0.1, 0.15) is 134 Å². The maximum atomic E-state index is 14.0. The highest BCUT2D eigenvalue weighted by Crippen LogP contribution is 2.66. The summed E-state index contributed by atoms with van der Waals surface area (Å²) < 4.78 is 71.2. The standard InChI is InChI=1S/C54H57N8O20P3/c1-5-10-34-24-45-42(20-31(34)3)50(43-21-32(4)35(11-6-2)25-46(43)79-45)41-23-36(16-18-40(41)52(65)66)44(63)14-8-7-12-33-15-17-39(38(22-33)27-57-60-55)53(67)76-19-9-13-37-28-62(54(68)59-51(37)64)49-26-47(77-30-58-61-56)48(80-49)29-78-84(72,73)82-85(74,75)81-83(69,70)71/h10,15-18,20-25,28,47-49H,5-8,11-12,14,19,26-27,29-30H2,1-4H3,(H,65,66)(H,72,73)(H,74,75)(H,59,64,68)(H2,69,70,71)/b34-10-/t47?,48-,49-/m1/s1. The number of phosphoric acid groups is 3. The molecule has 5 aromatic rings. The molecule has 0 amide bonds. The van der Waals surface area contributed by atoms with Crippen LogP contribution in [0.4, 0.5) is 0 Å². The number of aryl methyl sites for hydroxylation is 4. The summed E-state index contributed by atoms with van der Waals surface area (Å²) in [6, 6.07) is 17.5. The number of fused-ring (bicyclic) bond motifs is 2. The van der Waals surface area contributed by atoms with Crippen molar-refractivity contribution in [2.45, 2.75) is 104 Å². The molecule has 1 aromatic heterocycles. The van der Waals surface area contributed by atoms with Crippen molar-refractivity contribution in [3.8, 4) is 23.3 Å². The van der Waals surface area contributed by atoms with Gasteiger partial charge in [-0.2, -0.15) is 8.62 Å². The number of benzene rings is 4. The van der Waals surface area contributed by atoms with E-state index in [-0.39, 0.29) is 41.9 Å². The molecule has 0 radical (unpaired) electrons. The smallest absolute Gasteiger partial charge is 0.478 e. The average molecular weight is 1230 g/mol. The number of esters is 1. The molecular weight excluding hydrogens is 1170 g/mol. The number of aromatic amines is 1. The largest absolute Gasteiger partial charge is 0.490 e. The van der Waals surface area contributed by atoms with Crippen molar-refractivity contribution in [3.05, 3.63) is 180 Å². The van der Waals surface area contributed by atoms with Crippen LogP contribution in [-0.4, -0.2) is 84.1 Å². The van der Waals surface area contributed by atoms with Crippen molar-refractivity contribution >= 4 is 52.8 Å². The summed E-state index contributed by atoms with van der Waals surface area (Å²) in [5, 5.41) is 19.1. The molecule has 0 aliphatic carbocycles. The van der Waals surface area contributed by atoms with E-state index in [1.54, 1.807) is 18.2 Å². The Labute approximate surface area is 483 Å². The second kappa shape index (κ2) is 28.4. The molecule has 448 valence electrons. The minimum absolute atomic E-state index is 0.0329. The SMILES string of the molecule is CC/C=c1/cc2c(cc1C)=C(c1cc(C(=O)CCCCc3ccc(C(=O)OCC#Cc4cn([C@H]5CC(OCN=[N+]=[N-])[C@@H](COP(=O)(O)OP(=O)(O)OP(=O)(O)O)O5)c(=O)[nH]c4=O)c(CN=[N+]=[N-])c3)ccc1C(=O)O)c1cc(C)c(CCC)cc1O2. The third-order valence-electron chi connectivity index (χ3n) is 13.3. The van der Waals surface area contributed by atoms with Crippen LogP contribution in [0, 0.1) is 25.7 Å². The Morgan fingerprint density at radius 3 is 2.33 bits per heavy atom. The number of carboxylic acid groups (broad SMARTS) is 1. The Kier molecular flexibility index (Phi) is 21.6. The zero-order valence-electron chi connectivity index (χ0n) is 46.0. The molecule has 1 fully saturated rings. The summed E-state index contributed by atoms with van der Waals surface area (Å²) in [6.07, 6.45) is 2.92. The summed E-state index contributed by atoms with van der Waals surface area (Å²) in [5.41, 5.74) is 21.9. The second-order valence-electron chi connectivity index (χ2n) is 19.3. The number of nitrogens with zero attached hydrogens (tertiary/aromatic N) is 7. The number of aromatic carboxylic acids is 1. The monoisotopic (exact) mass is 1230 g/mol. The number of H-pyrrole nitrogens is 1. The van der Waals surface area contributed by atoms with E-state index in [1.807, 2.05) is 50.0 Å². The van der Waals surface area contributed by atoms with Crippen LogP contribution in [0.15, 0.2) is 86.7 Å². The number of carboxylic acids is 1. The Morgan fingerprint density at radius 2 is 1.62 bits per heavy atom. The predicted octanol–water partition coefficient (Wildman–Crippen LogP) is 8.25. The predicted molar refractivity (Wildman–Crippen MR) is 302 cm³/mol. The number of azide groups is 2. The van der Waals surface area contributed by atoms with E-state index in [9.17, 15) is 52.6 Å². The number of carbonyl (C=O) groups excluding carboxylic acids is 2. The topological polar surface area (TPSA) is 421 Å². The molecule has 0 saturated carbocycles. The van der Waals surface area contributed by atoms with Gasteiger partial charge in [0.25, 0.3) is 5.56 Å². The van der Waals surface area contributed by atoms with Gasteiger partial charge in [-0.05, 0) is 138 Å². The van der Waals surface area contributed by atoms with Crippen molar-refractivity contribution in [1.82, 2.24) is 9.55 Å². The Bertz CT molecular complexity index is 4030. The third kappa shape index (κ3) is 17.0. The molecule has 7 rings (SSSR count). The lowest BCUT2D eigenvalue weighted by Gasteiger charge is -2.24. The van der Waals surface area contributed by atoms with Crippen LogP contribution in [0.5, 0.6) is 11.5 Å². The minimum atomic E-state index is -5.87. The highest BCUT2D eigenvalue weighted by atomic mass is 31.3. The summed E-state index contributed by atoms with van der Waals surface area (Å²) in [5.74, 6) is 3.97. The van der Waals surface area contributed by atoms with Crippen molar-refractivity contribution in [1.29, 1.82) is 0 Å². The van der Waals surface area contributed by atoms with Gasteiger partial charge in [0, 0.05) is 50.8 Å². The molecule has 3 unspecified atom stereocenters. The molecule has 1 saturated heterocycles. The average Bonchev–Trinajstić information content (AvgIpc) is 1.45. The fourth-order valence-corrected chi connectivity index (χ4v) is 12.6. The molecular formula is C54H57N8O20P3. The number of hydrogen-bond donors (Lipinski definition) is 6. The van der Waals surface area contributed by atoms with E-state index in [4.69, 9.17) is 39.8 Å². The lowest BCUT2D eigenvalue weighted by atomic mass is 9.85. The number of hydrogen-bond acceptors (Lipinski definition) is 17. The highest BCUT2D eigenvalue weighted by molar-refractivity contribution is 7.66. The van der Waals surface area contributed by atoms with E-state index < -0.39 is 85.0 Å². The van der Waals surface area contributed by atoms with Crippen molar-refractivity contribution in [2.24, 2.45) is 10.2 Å². The van der Waals surface area contributed by atoms with Gasteiger partial charge in [-0.1, -0.05) is 66.6 Å². The summed E-state index contributed by atoms with van der Waals surface area (Å²) in [7, 11) is -17.2. The Hall–Kier alpha value is -7.78. The number of unbranched alkanes of at least 4 members (excludes halogenated alkanes) is 1. The van der Waals surface area contributed by atoms with Crippen LogP contribution in [-0.2, 0) is 60.4 Å². The van der Waals surface area contributed by atoms with Gasteiger partial charge in [0.05, 0.1) is 30.4 Å². The van der Waals surface area contributed by atoms with Crippen molar-refractivity contribution < 1.29 is 84.9 Å². The van der Waals surface area contributed by atoms with Crippen molar-refractivity contribution in [3.63, 3.8) is 0 Å². The quantitative estimate of drug-likeness (QED) is 0.00435. The highest BCUT2D eigenvalue weighted by Gasteiger charge is 2.44. The molecule has 28 nitrogen and oxygen atoms in total. The lowest BCUT2D eigenvalue weighted by Crippen LogP contribution is -2.33. The molecule has 85 heavy (non-hydrogen) atoms. The number of nitrogens with one attached hydrogen (secondary N) is 1. The van der Waals surface area contributed by atoms with E-state index in [0.29, 0.717) is 58.2 Å². The number of aromatic nitrogens is 2. The molecule has 2 aliphatic heterocycles. The maximum absolute atomic E-state index is 14.0. The number of rotatable bonds is 26. The number of Topliss-reactive ketones (excluding diaryl/α,β-unsaturated/α-hetero) is 1. The third-order valence-corrected chi connectivity index (χ3v) is 17.1. The number of phosphoric ester groups is 1. The molecule has 6 N–H and O–H groups in total. The fraction of sp³-hybridized carbons (Fsp3) is 0.352. The van der Waals surface area contributed by atoms with Crippen LogP contribution in [0.2, 0.25) is 0 Å². The van der Waals surface area contributed by atoms with Crippen LogP contribution in [0.25, 0.3) is 32.5 Å². The van der Waals surface area contributed by atoms with Crippen LogP contribution in [0.3, 0.4) is 0 Å². The molecule has 0 spiro atoms. The van der Waals surface area contributed by atoms with Gasteiger partial charge < -0.3 is 43.6 Å². The van der Waals surface area contributed by atoms with Gasteiger partial charge in [-0.3, -0.25) is 23.7 Å². The molecule has 2 aliphatic rings. The molecule has 0 bridgehead atoms. The van der Waals surface area contributed by atoms with E-state index in [1.165, 1.54) is 18.2 Å². The molecule has 3 heterocycles. The normalized spacial score (nSPS) is 16.9. The fourth-order valence-electron chi connectivity index (χ4n) is 9.56. The molecule has 4 aromatic carbocycles. The van der Waals surface area contributed by atoms with Gasteiger partial charge in [0.1, 0.15) is 36.1 Å². The van der Waals surface area contributed by atoms with Crippen molar-refractivity contribution in [2.75, 3.05) is 19.9 Å². The molecule has 5 atom stereocenters. The van der Waals surface area contributed by atoms with Gasteiger partial charge >= 0.3 is 41.1 Å².